The third-order valence-electron chi connectivity index (χ3n) is 5.75. The summed E-state index contributed by atoms with van der Waals surface area (Å²) in [5.41, 5.74) is 1.88. The normalized spacial score (nSPS) is 22.5. The van der Waals surface area contributed by atoms with Crippen LogP contribution in [0.1, 0.15) is 24.1 Å². The number of carbonyl (C=O) groups excluding carboxylic acids is 1. The van der Waals surface area contributed by atoms with Gasteiger partial charge in [0.15, 0.2) is 0 Å². The highest BCUT2D eigenvalue weighted by molar-refractivity contribution is 5.77. The Kier molecular flexibility index (Phi) is 8.08. The molecule has 3 aliphatic heterocycles. The van der Waals surface area contributed by atoms with Gasteiger partial charge in [0.25, 0.3) is 0 Å². The molecule has 0 aliphatic carbocycles. The second kappa shape index (κ2) is 10.6. The molecule has 1 aromatic heterocycles. The summed E-state index contributed by atoms with van der Waals surface area (Å²) in [5.74, 6) is -1.86. The Labute approximate surface area is 188 Å². The number of hydrogen-bond acceptors (Lipinski definition) is 8. The number of carboxylic acids is 1. The second-order valence-electron chi connectivity index (χ2n) is 8.03. The number of ether oxygens (including phenoxy) is 3. The van der Waals surface area contributed by atoms with E-state index in [1.165, 1.54) is 0 Å². The van der Waals surface area contributed by atoms with Gasteiger partial charge in [-0.2, -0.15) is 13.2 Å². The first-order chi connectivity index (χ1) is 15.7. The number of morpholine rings is 1. The Morgan fingerprint density at radius 1 is 1.24 bits per heavy atom. The van der Waals surface area contributed by atoms with Gasteiger partial charge >= 0.3 is 12.1 Å². The molecule has 13 heteroatoms. The fourth-order valence-corrected chi connectivity index (χ4v) is 4.05. The number of likely N-dealkylation sites (tertiary alicyclic amines) is 1. The molecule has 33 heavy (non-hydrogen) atoms. The van der Waals surface area contributed by atoms with E-state index in [4.69, 9.17) is 29.1 Å². The van der Waals surface area contributed by atoms with Crippen LogP contribution in [0.3, 0.4) is 0 Å². The number of aliphatic carboxylic acids is 1. The highest BCUT2D eigenvalue weighted by Crippen LogP contribution is 2.39. The number of hydrogen-bond donors (Lipinski definition) is 1. The SMILES string of the molecule is COCCC(=O)N1CCC2(COCc3cnc(N4CCOCC4)nc32)C1.O=C(O)C(F)(F)F. The molecule has 4 rings (SSSR count). The minimum Gasteiger partial charge on any atom is -0.475 e. The zero-order valence-corrected chi connectivity index (χ0v) is 18.3. The number of carbonyl (C=O) groups is 2. The number of carboxylic acid groups (broad SMARTS) is 1. The van der Waals surface area contributed by atoms with Crippen molar-refractivity contribution in [3.05, 3.63) is 17.5 Å². The molecule has 1 spiro atoms. The van der Waals surface area contributed by atoms with Crippen molar-refractivity contribution < 1.29 is 42.1 Å². The van der Waals surface area contributed by atoms with Crippen LogP contribution in [0.15, 0.2) is 6.20 Å². The molecule has 0 bridgehead atoms. The van der Waals surface area contributed by atoms with Crippen molar-refractivity contribution in [2.75, 3.05) is 64.6 Å². The molecule has 2 fully saturated rings. The maximum absolute atomic E-state index is 12.4. The number of amides is 1. The average molecular weight is 476 g/mol. The van der Waals surface area contributed by atoms with Crippen molar-refractivity contribution in [1.29, 1.82) is 0 Å². The van der Waals surface area contributed by atoms with Gasteiger partial charge < -0.3 is 29.1 Å². The molecule has 1 aromatic rings. The van der Waals surface area contributed by atoms with Gasteiger partial charge in [-0.25, -0.2) is 14.8 Å². The molecular weight excluding hydrogens is 449 g/mol. The molecule has 0 radical (unpaired) electrons. The minimum absolute atomic E-state index is 0.137. The van der Waals surface area contributed by atoms with Gasteiger partial charge in [-0.15, -0.1) is 0 Å². The molecule has 1 unspecified atom stereocenters. The highest BCUT2D eigenvalue weighted by atomic mass is 19.4. The Bertz CT molecular complexity index is 850. The predicted molar refractivity (Wildman–Crippen MR) is 108 cm³/mol. The van der Waals surface area contributed by atoms with Gasteiger partial charge in [-0.1, -0.05) is 0 Å². The molecule has 10 nitrogen and oxygen atoms in total. The summed E-state index contributed by atoms with van der Waals surface area (Å²) in [4.78, 5) is 34.9. The number of rotatable bonds is 4. The Morgan fingerprint density at radius 2 is 1.94 bits per heavy atom. The van der Waals surface area contributed by atoms with Crippen LogP contribution in [-0.2, 0) is 35.8 Å². The van der Waals surface area contributed by atoms with Crippen LogP contribution in [0, 0.1) is 0 Å². The fraction of sp³-hybridized carbons (Fsp3) is 0.700. The van der Waals surface area contributed by atoms with Gasteiger partial charge in [0.1, 0.15) is 0 Å². The third kappa shape index (κ3) is 6.09. The van der Waals surface area contributed by atoms with E-state index in [1.807, 2.05) is 11.1 Å². The second-order valence-corrected chi connectivity index (χ2v) is 8.03. The molecule has 184 valence electrons. The van der Waals surface area contributed by atoms with Crippen LogP contribution >= 0.6 is 0 Å². The van der Waals surface area contributed by atoms with E-state index in [0.717, 1.165) is 43.3 Å². The van der Waals surface area contributed by atoms with Crippen LogP contribution < -0.4 is 4.90 Å². The summed E-state index contributed by atoms with van der Waals surface area (Å²) in [6.45, 7) is 6.02. The largest absolute Gasteiger partial charge is 0.490 e. The number of fused-ring (bicyclic) bond motifs is 2. The molecule has 0 saturated carbocycles. The van der Waals surface area contributed by atoms with E-state index in [2.05, 4.69) is 9.88 Å². The van der Waals surface area contributed by atoms with Crippen molar-refractivity contribution in [3.63, 3.8) is 0 Å². The number of aromatic nitrogens is 2. The molecule has 1 N–H and O–H groups in total. The number of alkyl halides is 3. The summed E-state index contributed by atoms with van der Waals surface area (Å²) >= 11 is 0. The summed E-state index contributed by atoms with van der Waals surface area (Å²) in [6.07, 6.45) is -1.90. The van der Waals surface area contributed by atoms with Crippen LogP contribution in [0.4, 0.5) is 19.1 Å². The molecular formula is C20H27F3N4O6. The van der Waals surface area contributed by atoms with E-state index >= 15 is 0 Å². The van der Waals surface area contributed by atoms with Gasteiger partial charge in [0, 0.05) is 45.0 Å². The van der Waals surface area contributed by atoms with Crippen LogP contribution in [-0.4, -0.2) is 97.7 Å². The number of anilines is 1. The molecule has 0 aromatic carbocycles. The smallest absolute Gasteiger partial charge is 0.475 e. The lowest BCUT2D eigenvalue weighted by Crippen LogP contribution is -2.43. The van der Waals surface area contributed by atoms with Gasteiger partial charge in [-0.3, -0.25) is 4.79 Å². The maximum Gasteiger partial charge on any atom is 0.490 e. The maximum atomic E-state index is 12.4. The lowest BCUT2D eigenvalue weighted by Gasteiger charge is -2.35. The average Bonchev–Trinajstić information content (AvgIpc) is 3.22. The van der Waals surface area contributed by atoms with Gasteiger partial charge in [0.05, 0.1) is 50.6 Å². The van der Waals surface area contributed by atoms with Crippen molar-refractivity contribution in [3.8, 4) is 0 Å². The summed E-state index contributed by atoms with van der Waals surface area (Å²) < 4.78 is 48.1. The van der Waals surface area contributed by atoms with Crippen molar-refractivity contribution in [1.82, 2.24) is 14.9 Å². The first kappa shape index (κ1) is 25.1. The monoisotopic (exact) mass is 476 g/mol. The number of methoxy groups -OCH3 is 1. The van der Waals surface area contributed by atoms with E-state index in [-0.39, 0.29) is 11.3 Å². The summed E-state index contributed by atoms with van der Waals surface area (Å²) in [6, 6.07) is 0. The van der Waals surface area contributed by atoms with Gasteiger partial charge in [-0.05, 0) is 6.42 Å². The topological polar surface area (TPSA) is 114 Å². The lowest BCUT2D eigenvalue weighted by atomic mass is 9.80. The van der Waals surface area contributed by atoms with Crippen molar-refractivity contribution in [2.24, 2.45) is 0 Å². The van der Waals surface area contributed by atoms with Crippen molar-refractivity contribution in [2.45, 2.75) is 31.0 Å². The molecule has 2 saturated heterocycles. The third-order valence-corrected chi connectivity index (χ3v) is 5.75. The van der Waals surface area contributed by atoms with Crippen LogP contribution in [0.25, 0.3) is 0 Å². The Hall–Kier alpha value is -2.51. The number of nitrogens with zero attached hydrogens (tertiary/aromatic N) is 4. The van der Waals surface area contributed by atoms with Crippen LogP contribution in [0.5, 0.6) is 0 Å². The first-order valence-electron chi connectivity index (χ1n) is 10.5. The molecule has 3 aliphatic rings. The van der Waals surface area contributed by atoms with Gasteiger partial charge in [0.2, 0.25) is 11.9 Å². The summed E-state index contributed by atoms with van der Waals surface area (Å²) in [7, 11) is 1.62. The Morgan fingerprint density at radius 3 is 2.58 bits per heavy atom. The predicted octanol–water partition coefficient (Wildman–Crippen LogP) is 0.983. The zero-order chi connectivity index (χ0) is 24.1. The van der Waals surface area contributed by atoms with E-state index in [9.17, 15) is 18.0 Å². The first-order valence-corrected chi connectivity index (χ1v) is 10.5. The van der Waals surface area contributed by atoms with Crippen LogP contribution in [0.2, 0.25) is 0 Å². The summed E-state index contributed by atoms with van der Waals surface area (Å²) in [5, 5.41) is 7.12. The molecule has 4 heterocycles. The lowest BCUT2D eigenvalue weighted by molar-refractivity contribution is -0.192. The number of halogens is 3. The molecule has 1 atom stereocenters. The van der Waals surface area contributed by atoms with Crippen molar-refractivity contribution >= 4 is 17.8 Å². The van der Waals surface area contributed by atoms with E-state index < -0.39 is 12.1 Å². The van der Waals surface area contributed by atoms with E-state index in [0.29, 0.717) is 46.0 Å². The quantitative estimate of drug-likeness (QED) is 0.679. The molecule has 1 amide bonds. The standard InChI is InChI=1S/C18H26N4O4.C2HF3O2/c1-24-7-2-15(23)22-4-3-18(12-22)13-26-11-14-10-19-17(20-16(14)18)21-5-8-25-9-6-21;3-2(4,5)1(6)7/h10H,2-9,11-13H2,1H3;(H,6,7). The fourth-order valence-electron chi connectivity index (χ4n) is 4.05. The zero-order valence-electron chi connectivity index (χ0n) is 18.3. The van der Waals surface area contributed by atoms with E-state index in [1.54, 1.807) is 7.11 Å². The minimum atomic E-state index is -5.08. The Balaban J connectivity index is 0.000000383. The highest BCUT2D eigenvalue weighted by Gasteiger charge is 2.46.